The Labute approximate surface area is 238 Å². The molecule has 36 heavy (non-hydrogen) atoms. The van der Waals surface area contributed by atoms with E-state index in [0.717, 1.165) is 61.8 Å². The van der Waals surface area contributed by atoms with Crippen LogP contribution in [0.1, 0.15) is 0 Å². The quantitative estimate of drug-likeness (QED) is 0.102. The third-order valence-corrected chi connectivity index (χ3v) is 4.83. The molecule has 0 bridgehead atoms. The summed E-state index contributed by atoms with van der Waals surface area (Å²) in [6, 6.07) is 15.6. The molecule has 212 valence electrons. The number of nitrogens with zero attached hydrogens (tertiary/aromatic N) is 2. The molecule has 0 atom stereocenters. The van der Waals surface area contributed by atoms with Crippen LogP contribution in [0.3, 0.4) is 0 Å². The summed E-state index contributed by atoms with van der Waals surface area (Å²) in [5.41, 5.74) is 47.3. The van der Waals surface area contributed by atoms with Gasteiger partial charge >= 0.3 is 34.1 Å². The van der Waals surface area contributed by atoms with Crippen LogP contribution in [0.25, 0.3) is 11.1 Å². The second-order valence-corrected chi connectivity index (χ2v) is 7.66. The summed E-state index contributed by atoms with van der Waals surface area (Å²) in [4.78, 5) is 4.33. The van der Waals surface area contributed by atoms with Gasteiger partial charge in [0.05, 0.1) is 0 Å². The first-order valence-electron chi connectivity index (χ1n) is 11.8. The van der Waals surface area contributed by atoms with Gasteiger partial charge in [-0.1, -0.05) is 24.3 Å². The van der Waals surface area contributed by atoms with Crippen molar-refractivity contribution in [1.29, 1.82) is 0 Å². The van der Waals surface area contributed by atoms with Crippen LogP contribution in [0, 0.1) is 0 Å². The number of anilines is 2. The number of nitrogens with two attached hydrogens (primary N) is 8. The van der Waals surface area contributed by atoms with Gasteiger partial charge in [-0.15, -0.1) is 0 Å². The molecule has 0 unspecified atom stereocenters. The van der Waals surface area contributed by atoms with Crippen LogP contribution >= 0.6 is 0 Å². The second kappa shape index (κ2) is 26.8. The van der Waals surface area contributed by atoms with Gasteiger partial charge in [-0.2, -0.15) is 0 Å². The Balaban J connectivity index is -0.000000453. The van der Waals surface area contributed by atoms with Gasteiger partial charge in [0, 0.05) is 89.9 Å². The number of rotatable bonds is 13. The molecule has 0 spiro atoms. The van der Waals surface area contributed by atoms with Crippen LogP contribution in [-0.4, -0.2) is 88.3 Å². The van der Waals surface area contributed by atoms with Crippen molar-refractivity contribution in [2.75, 3.05) is 90.0 Å². The number of hydrogen-bond acceptors (Lipinski definition) is 10. The Morgan fingerprint density at radius 3 is 0.750 bits per heavy atom. The largest absolute Gasteiger partial charge is 2.00 e. The molecule has 2 rings (SSSR count). The first-order valence-corrected chi connectivity index (χ1v) is 11.8. The molecular weight excluding hydrogens is 555 g/mol. The summed E-state index contributed by atoms with van der Waals surface area (Å²) in [7, 11) is 0. The fraction of sp³-hybridized carbons (Fsp3) is 0.500. The van der Waals surface area contributed by atoms with Crippen LogP contribution in [-0.2, 0) is 34.1 Å². The minimum Gasteiger partial charge on any atom is -0.399 e. The first-order chi connectivity index (χ1) is 16.4. The molecule has 0 aliphatic rings. The molecule has 0 amide bonds. The zero-order valence-electron chi connectivity index (χ0n) is 21.2. The molecule has 2 radical (unpaired) electrons. The van der Waals surface area contributed by atoms with Gasteiger partial charge in [-0.05, 0) is 35.4 Å². The van der Waals surface area contributed by atoms with E-state index in [9.17, 15) is 0 Å². The number of hydrogen-bond donors (Lipinski definition) is 8. The summed E-state index contributed by atoms with van der Waals surface area (Å²) in [5, 5.41) is 0. The monoisotopic (exact) mass is 602 g/mol. The van der Waals surface area contributed by atoms with E-state index in [1.165, 1.54) is 0 Å². The van der Waals surface area contributed by atoms with E-state index in [2.05, 4.69) is 9.80 Å². The molecule has 0 heterocycles. The van der Waals surface area contributed by atoms with Crippen molar-refractivity contribution >= 4 is 11.4 Å². The minimum atomic E-state index is 0. The zero-order chi connectivity index (χ0) is 25.6. The molecule has 0 aliphatic carbocycles. The molecule has 10 nitrogen and oxygen atoms in total. The Hall–Kier alpha value is -1.24. The van der Waals surface area contributed by atoms with Crippen molar-refractivity contribution < 1.29 is 34.1 Å². The fourth-order valence-corrected chi connectivity index (χ4v) is 3.12. The molecular formula is C24H48Cu2N10+4. The van der Waals surface area contributed by atoms with Crippen molar-refractivity contribution in [3.63, 3.8) is 0 Å². The van der Waals surface area contributed by atoms with Crippen molar-refractivity contribution in [1.82, 2.24) is 9.80 Å². The van der Waals surface area contributed by atoms with Gasteiger partial charge in [0.15, 0.2) is 0 Å². The Bertz CT molecular complexity index is 615. The molecule has 12 heteroatoms. The maximum atomic E-state index is 5.61. The third-order valence-electron chi connectivity index (χ3n) is 4.83. The third kappa shape index (κ3) is 19.9. The average molecular weight is 604 g/mol. The molecule has 0 saturated carbocycles. The predicted octanol–water partition coefficient (Wildman–Crippen LogP) is -1.16. The van der Waals surface area contributed by atoms with E-state index < -0.39 is 0 Å². The van der Waals surface area contributed by atoms with Gasteiger partial charge in [-0.3, -0.25) is 9.80 Å². The van der Waals surface area contributed by atoms with Crippen molar-refractivity contribution in [2.45, 2.75) is 0 Å². The Kier molecular flexibility index (Phi) is 29.3. The van der Waals surface area contributed by atoms with E-state index in [0.29, 0.717) is 39.3 Å². The fourth-order valence-electron chi connectivity index (χ4n) is 3.12. The van der Waals surface area contributed by atoms with Crippen molar-refractivity contribution in [3.05, 3.63) is 48.5 Å². The molecule has 0 fully saturated rings. The van der Waals surface area contributed by atoms with E-state index in [-0.39, 0.29) is 34.1 Å². The van der Waals surface area contributed by atoms with Gasteiger partial charge in [0.2, 0.25) is 0 Å². The SMILES string of the molecule is NCCN(CCN)CCN.NCCN(CCN)CCN.Nc1ccc(-c2ccc(N)cc2)cc1.[Cu+2].[Cu+2]. The molecule has 0 aromatic heterocycles. The molecule has 2 aromatic rings. The van der Waals surface area contributed by atoms with Crippen LogP contribution in [0.5, 0.6) is 0 Å². The van der Waals surface area contributed by atoms with Crippen LogP contribution in [0.2, 0.25) is 0 Å². The smallest absolute Gasteiger partial charge is 0.399 e. The standard InChI is InChI=1S/C12H12N2.2C6H18N4.2Cu/c13-11-5-1-9(2-6-11)10-3-7-12(14)8-4-10;2*7-1-4-10(5-2-8)6-3-9;;/h1-8H,13-14H2;2*1-9H2;;/q;;;2*+2. The summed E-state index contributed by atoms with van der Waals surface area (Å²) >= 11 is 0. The van der Waals surface area contributed by atoms with E-state index in [4.69, 9.17) is 45.9 Å². The Morgan fingerprint density at radius 2 is 0.583 bits per heavy atom. The zero-order valence-corrected chi connectivity index (χ0v) is 23.1. The molecule has 0 saturated heterocycles. The van der Waals surface area contributed by atoms with Gasteiger partial charge in [-0.25, -0.2) is 0 Å². The number of benzene rings is 2. The Morgan fingerprint density at radius 1 is 0.389 bits per heavy atom. The van der Waals surface area contributed by atoms with E-state index in [1.807, 2.05) is 48.5 Å². The van der Waals surface area contributed by atoms with Gasteiger partial charge in [0.25, 0.3) is 0 Å². The topological polar surface area (TPSA) is 215 Å². The van der Waals surface area contributed by atoms with Crippen molar-refractivity contribution in [2.24, 2.45) is 34.4 Å². The maximum Gasteiger partial charge on any atom is 2.00 e. The summed E-state index contributed by atoms with van der Waals surface area (Å²) in [6.45, 7) is 9.47. The minimum absolute atomic E-state index is 0. The predicted molar refractivity (Wildman–Crippen MR) is 148 cm³/mol. The summed E-state index contributed by atoms with van der Waals surface area (Å²) in [5.74, 6) is 0. The van der Waals surface area contributed by atoms with E-state index >= 15 is 0 Å². The normalized spacial score (nSPS) is 9.89. The van der Waals surface area contributed by atoms with Crippen molar-refractivity contribution in [3.8, 4) is 11.1 Å². The molecule has 16 N–H and O–H groups in total. The number of nitrogen functional groups attached to an aromatic ring is 2. The van der Waals surface area contributed by atoms with Crippen LogP contribution < -0.4 is 45.9 Å². The maximum absolute atomic E-state index is 5.61. The van der Waals surface area contributed by atoms with E-state index in [1.54, 1.807) is 0 Å². The summed E-state index contributed by atoms with van der Waals surface area (Å²) < 4.78 is 0. The van der Waals surface area contributed by atoms with Crippen LogP contribution in [0.15, 0.2) is 48.5 Å². The average Bonchev–Trinajstić information content (AvgIpc) is 2.82. The summed E-state index contributed by atoms with van der Waals surface area (Å²) in [6.07, 6.45) is 0. The van der Waals surface area contributed by atoms with Gasteiger partial charge in [0.1, 0.15) is 0 Å². The molecule has 0 aliphatic heterocycles. The molecule has 2 aromatic carbocycles. The van der Waals surface area contributed by atoms with Gasteiger partial charge < -0.3 is 45.9 Å². The second-order valence-electron chi connectivity index (χ2n) is 7.66. The van der Waals surface area contributed by atoms with Crippen LogP contribution in [0.4, 0.5) is 11.4 Å². The first kappa shape index (κ1) is 39.3.